The van der Waals surface area contributed by atoms with Crippen LogP contribution in [0.5, 0.6) is 11.6 Å². The van der Waals surface area contributed by atoms with E-state index in [9.17, 15) is 0 Å². The quantitative estimate of drug-likeness (QED) is 0.538. The van der Waals surface area contributed by atoms with Crippen molar-refractivity contribution in [3.8, 4) is 11.6 Å². The van der Waals surface area contributed by atoms with E-state index in [-0.39, 0.29) is 0 Å². The molecule has 0 saturated heterocycles. The van der Waals surface area contributed by atoms with Gasteiger partial charge in [-0.3, -0.25) is 0 Å². The highest BCUT2D eigenvalue weighted by Gasteiger charge is 2.10. The van der Waals surface area contributed by atoms with Crippen LogP contribution < -0.4 is 9.47 Å². The third kappa shape index (κ3) is 4.45. The Morgan fingerprint density at radius 2 is 1.30 bits per heavy atom. The molecule has 0 unspecified atom stereocenters. The van der Waals surface area contributed by atoms with Crippen LogP contribution in [0.25, 0.3) is 0 Å². The third-order valence-electron chi connectivity index (χ3n) is 3.28. The molecule has 0 atom stereocenters. The first kappa shape index (κ1) is 15.8. The van der Waals surface area contributed by atoms with Crippen molar-refractivity contribution in [1.82, 2.24) is 4.98 Å². The Kier molecular flexibility index (Phi) is 5.47. The van der Waals surface area contributed by atoms with Crippen molar-refractivity contribution in [2.75, 3.05) is 0 Å². The monoisotopic (exact) mass is 417 g/mol. The van der Waals surface area contributed by atoms with E-state index in [4.69, 9.17) is 9.47 Å². The van der Waals surface area contributed by atoms with E-state index in [0.29, 0.717) is 19.1 Å². The lowest BCUT2D eigenvalue weighted by molar-refractivity contribution is 0.277. The molecule has 1 heterocycles. The van der Waals surface area contributed by atoms with Gasteiger partial charge < -0.3 is 9.47 Å². The zero-order chi connectivity index (χ0) is 15.9. The van der Waals surface area contributed by atoms with Crippen molar-refractivity contribution >= 4 is 22.6 Å². The molecule has 0 aliphatic rings. The summed E-state index contributed by atoms with van der Waals surface area (Å²) in [5.74, 6) is 1.38. The Hall–Kier alpha value is -2.08. The second-order valence-electron chi connectivity index (χ2n) is 4.98. The number of halogens is 1. The normalized spacial score (nSPS) is 10.3. The average Bonchev–Trinajstić information content (AvgIpc) is 2.61. The summed E-state index contributed by atoms with van der Waals surface area (Å²) in [5.41, 5.74) is 2.24. The van der Waals surface area contributed by atoms with Gasteiger partial charge in [-0.05, 0) is 39.8 Å². The number of pyridine rings is 1. The fourth-order valence-electron chi connectivity index (χ4n) is 2.08. The molecule has 4 heteroatoms. The van der Waals surface area contributed by atoms with Gasteiger partial charge in [0.05, 0.1) is 0 Å². The van der Waals surface area contributed by atoms with Crippen LogP contribution in [0, 0.1) is 3.57 Å². The molecule has 3 rings (SSSR count). The van der Waals surface area contributed by atoms with Crippen LogP contribution in [-0.2, 0) is 13.2 Å². The van der Waals surface area contributed by atoms with Crippen molar-refractivity contribution in [3.63, 3.8) is 0 Å². The van der Waals surface area contributed by atoms with Gasteiger partial charge in [-0.1, -0.05) is 60.7 Å². The predicted octanol–water partition coefficient (Wildman–Crippen LogP) is 4.84. The van der Waals surface area contributed by atoms with Crippen LogP contribution >= 0.6 is 22.6 Å². The molecule has 2 aromatic carbocycles. The van der Waals surface area contributed by atoms with Crippen molar-refractivity contribution < 1.29 is 9.47 Å². The van der Waals surface area contributed by atoms with E-state index in [2.05, 4.69) is 27.6 Å². The van der Waals surface area contributed by atoms with Gasteiger partial charge in [0.25, 0.3) is 0 Å². The molecule has 23 heavy (non-hydrogen) atoms. The van der Waals surface area contributed by atoms with Gasteiger partial charge in [0.15, 0.2) is 0 Å². The highest BCUT2D eigenvalue weighted by atomic mass is 127. The summed E-state index contributed by atoms with van der Waals surface area (Å²) in [7, 11) is 0. The standard InChI is InChI=1S/C19H16INO2/c20-18-17(22-13-15-7-3-1-4-8-15)11-12-21-19(18)23-14-16-9-5-2-6-10-16/h1-12H,13-14H2. The summed E-state index contributed by atoms with van der Waals surface area (Å²) in [6.07, 6.45) is 1.71. The smallest absolute Gasteiger partial charge is 0.231 e. The summed E-state index contributed by atoms with van der Waals surface area (Å²) in [5, 5.41) is 0. The van der Waals surface area contributed by atoms with Gasteiger partial charge in [-0.15, -0.1) is 0 Å². The molecule has 0 fully saturated rings. The Morgan fingerprint density at radius 1 is 0.739 bits per heavy atom. The molecule has 0 spiro atoms. The lowest BCUT2D eigenvalue weighted by Crippen LogP contribution is -2.02. The molecular formula is C19H16INO2. The molecule has 116 valence electrons. The van der Waals surface area contributed by atoms with Gasteiger partial charge in [0, 0.05) is 6.20 Å². The number of nitrogens with zero attached hydrogens (tertiary/aromatic N) is 1. The van der Waals surface area contributed by atoms with E-state index in [0.717, 1.165) is 20.4 Å². The minimum Gasteiger partial charge on any atom is -0.488 e. The first-order valence-electron chi connectivity index (χ1n) is 7.31. The number of ether oxygens (including phenoxy) is 2. The second kappa shape index (κ2) is 7.97. The lowest BCUT2D eigenvalue weighted by Gasteiger charge is -2.12. The van der Waals surface area contributed by atoms with Crippen LogP contribution in [0.1, 0.15) is 11.1 Å². The Morgan fingerprint density at radius 3 is 1.91 bits per heavy atom. The van der Waals surface area contributed by atoms with E-state index in [1.165, 1.54) is 0 Å². The molecule has 0 aliphatic carbocycles. The van der Waals surface area contributed by atoms with Crippen molar-refractivity contribution in [2.24, 2.45) is 0 Å². The number of benzene rings is 2. The van der Waals surface area contributed by atoms with Crippen LogP contribution in [-0.4, -0.2) is 4.98 Å². The van der Waals surface area contributed by atoms with Crippen LogP contribution in [0.4, 0.5) is 0 Å². The number of rotatable bonds is 6. The maximum Gasteiger partial charge on any atom is 0.231 e. The lowest BCUT2D eigenvalue weighted by atomic mass is 10.2. The maximum atomic E-state index is 5.89. The molecule has 3 aromatic rings. The first-order valence-corrected chi connectivity index (χ1v) is 8.39. The fourth-order valence-corrected chi connectivity index (χ4v) is 2.71. The molecule has 0 N–H and O–H groups in total. The molecule has 0 amide bonds. The SMILES string of the molecule is Ic1c(OCc2ccccc2)ccnc1OCc1ccccc1. The molecule has 0 bridgehead atoms. The number of hydrogen-bond donors (Lipinski definition) is 0. The molecule has 1 aromatic heterocycles. The third-order valence-corrected chi connectivity index (χ3v) is 4.27. The molecule has 3 nitrogen and oxygen atoms in total. The van der Waals surface area contributed by atoms with Crippen LogP contribution in [0.2, 0.25) is 0 Å². The van der Waals surface area contributed by atoms with Gasteiger partial charge in [-0.25, -0.2) is 4.98 Å². The topological polar surface area (TPSA) is 31.4 Å². The highest BCUT2D eigenvalue weighted by molar-refractivity contribution is 14.1. The highest BCUT2D eigenvalue weighted by Crippen LogP contribution is 2.29. The summed E-state index contributed by atoms with van der Waals surface area (Å²) in [6, 6.07) is 22.0. The zero-order valence-corrected chi connectivity index (χ0v) is 14.6. The van der Waals surface area contributed by atoms with E-state index in [1.807, 2.05) is 66.7 Å². The van der Waals surface area contributed by atoms with Crippen molar-refractivity contribution in [3.05, 3.63) is 87.6 Å². The molecular weight excluding hydrogens is 401 g/mol. The van der Waals surface area contributed by atoms with Gasteiger partial charge >= 0.3 is 0 Å². The summed E-state index contributed by atoms with van der Waals surface area (Å²) < 4.78 is 12.6. The molecule has 0 radical (unpaired) electrons. The average molecular weight is 417 g/mol. The van der Waals surface area contributed by atoms with Gasteiger partial charge in [0.2, 0.25) is 5.88 Å². The summed E-state index contributed by atoms with van der Waals surface area (Å²) in [6.45, 7) is 1.02. The molecule has 0 saturated carbocycles. The minimum absolute atomic E-state index is 0.492. The van der Waals surface area contributed by atoms with E-state index < -0.39 is 0 Å². The molecule has 0 aliphatic heterocycles. The largest absolute Gasteiger partial charge is 0.488 e. The van der Waals surface area contributed by atoms with E-state index >= 15 is 0 Å². The first-order chi connectivity index (χ1) is 11.3. The second-order valence-corrected chi connectivity index (χ2v) is 6.06. The summed E-state index contributed by atoms with van der Waals surface area (Å²) in [4.78, 5) is 4.30. The zero-order valence-electron chi connectivity index (χ0n) is 12.5. The van der Waals surface area contributed by atoms with Crippen LogP contribution in [0.15, 0.2) is 72.9 Å². The minimum atomic E-state index is 0.492. The Bertz CT molecular complexity index is 686. The van der Waals surface area contributed by atoms with Gasteiger partial charge in [-0.2, -0.15) is 0 Å². The summed E-state index contributed by atoms with van der Waals surface area (Å²) >= 11 is 2.21. The maximum absolute atomic E-state index is 5.89. The van der Waals surface area contributed by atoms with Crippen LogP contribution in [0.3, 0.4) is 0 Å². The van der Waals surface area contributed by atoms with Crippen molar-refractivity contribution in [1.29, 1.82) is 0 Å². The Balaban J connectivity index is 1.66. The Labute approximate surface area is 149 Å². The number of aromatic nitrogens is 1. The van der Waals surface area contributed by atoms with Crippen molar-refractivity contribution in [2.45, 2.75) is 13.2 Å². The predicted molar refractivity (Wildman–Crippen MR) is 98.5 cm³/mol. The van der Waals surface area contributed by atoms with Gasteiger partial charge in [0.1, 0.15) is 22.5 Å². The van der Waals surface area contributed by atoms with E-state index in [1.54, 1.807) is 6.20 Å². The fraction of sp³-hybridized carbons (Fsp3) is 0.105. The number of hydrogen-bond acceptors (Lipinski definition) is 3.